The molecule has 12 rings (SSSR count). The summed E-state index contributed by atoms with van der Waals surface area (Å²) in [5.41, 5.74) is 5.86. The van der Waals surface area contributed by atoms with Gasteiger partial charge in [0.25, 0.3) is 0 Å². The average Bonchev–Trinajstić information content (AvgIpc) is 3.86. The number of benzene rings is 9. The van der Waals surface area contributed by atoms with Crippen molar-refractivity contribution in [2.45, 2.75) is 13.0 Å². The minimum absolute atomic E-state index is 0.130. The van der Waals surface area contributed by atoms with Crippen LogP contribution in [0.4, 0.5) is 28.4 Å². The van der Waals surface area contributed by atoms with Gasteiger partial charge in [0.1, 0.15) is 0 Å². The lowest BCUT2D eigenvalue weighted by Gasteiger charge is -2.37. The van der Waals surface area contributed by atoms with Gasteiger partial charge in [0, 0.05) is 68.2 Å². The third-order valence-electron chi connectivity index (χ3n) is 12.3. The van der Waals surface area contributed by atoms with Crippen LogP contribution in [-0.2, 0) is 0 Å². The SMILES string of the molecule is CC1C=CC=CC1N(c1ccc2sc3ccccc3c2c1)c1cc2c3ccccc3c(N(c3ccccc3)c3ccc4sc5ccccc5c4c3)cc2c2ccccc12. The Labute approximate surface area is 350 Å². The van der Waals surface area contributed by atoms with Gasteiger partial charge in [-0.2, -0.15) is 0 Å². The summed E-state index contributed by atoms with van der Waals surface area (Å²) in [6, 6.07) is 65.6. The zero-order chi connectivity index (χ0) is 39.0. The summed E-state index contributed by atoms with van der Waals surface area (Å²) in [5, 5.41) is 12.7. The number of hydrogen-bond donors (Lipinski definition) is 0. The van der Waals surface area contributed by atoms with Gasteiger partial charge in [-0.1, -0.05) is 134 Å². The summed E-state index contributed by atoms with van der Waals surface area (Å²) >= 11 is 3.74. The molecule has 9 aromatic carbocycles. The van der Waals surface area contributed by atoms with E-state index in [1.54, 1.807) is 0 Å². The maximum Gasteiger partial charge on any atom is 0.0585 e. The first-order valence-corrected chi connectivity index (χ1v) is 22.0. The molecule has 2 unspecified atom stereocenters. The van der Waals surface area contributed by atoms with E-state index >= 15 is 0 Å². The standard InChI is InChI=1S/C55H38N2S2/c1-35-15-5-12-24-49(35)57(38-28-30-55-48(32-38)44-23-11-14-26-53(44)59-55)51-34-46-39-18-6-8-20-41(39)50(33-45(46)40-19-7-9-21-42(40)51)56(36-16-3-2-4-17-36)37-27-29-54-47(31-37)43-22-10-13-25-52(43)58-54/h2-35,49H,1H3. The fraction of sp³-hybridized carbons (Fsp3) is 0.0545. The van der Waals surface area contributed by atoms with E-state index in [2.05, 4.69) is 217 Å². The fourth-order valence-electron chi connectivity index (χ4n) is 9.52. The molecule has 1 aliphatic carbocycles. The molecule has 0 saturated heterocycles. The van der Waals surface area contributed by atoms with Gasteiger partial charge in [0.05, 0.1) is 17.4 Å². The molecule has 280 valence electrons. The molecule has 2 heterocycles. The molecule has 0 bridgehead atoms. The Kier molecular flexibility index (Phi) is 7.97. The topological polar surface area (TPSA) is 6.48 Å². The first-order chi connectivity index (χ1) is 29.2. The molecule has 0 saturated carbocycles. The van der Waals surface area contributed by atoms with Gasteiger partial charge in [-0.25, -0.2) is 0 Å². The molecule has 4 heteroatoms. The van der Waals surface area contributed by atoms with Gasteiger partial charge >= 0.3 is 0 Å². The van der Waals surface area contributed by atoms with Crippen LogP contribution in [0.15, 0.2) is 200 Å². The Balaban J connectivity index is 1.13. The second kappa shape index (κ2) is 13.7. The Hall–Kier alpha value is -6.72. The van der Waals surface area contributed by atoms with Gasteiger partial charge in [0.2, 0.25) is 0 Å². The molecular weight excluding hydrogens is 753 g/mol. The summed E-state index contributed by atoms with van der Waals surface area (Å²) in [6.07, 6.45) is 9.14. The molecule has 0 N–H and O–H groups in total. The highest BCUT2D eigenvalue weighted by Gasteiger charge is 2.28. The minimum Gasteiger partial charge on any atom is -0.333 e. The number of rotatable bonds is 6. The Morgan fingerprint density at radius 2 is 0.831 bits per heavy atom. The highest BCUT2D eigenvalue weighted by molar-refractivity contribution is 7.26. The Bertz CT molecular complexity index is 3500. The quantitative estimate of drug-likeness (QED) is 0.155. The van der Waals surface area contributed by atoms with Crippen molar-refractivity contribution in [2.75, 3.05) is 9.80 Å². The first-order valence-electron chi connectivity index (χ1n) is 20.4. The number of para-hydroxylation sites is 1. The third kappa shape index (κ3) is 5.51. The summed E-state index contributed by atoms with van der Waals surface area (Å²) in [6.45, 7) is 2.34. The Morgan fingerprint density at radius 3 is 1.46 bits per heavy atom. The first kappa shape index (κ1) is 34.3. The van der Waals surface area contributed by atoms with Crippen LogP contribution in [0.25, 0.3) is 72.7 Å². The molecule has 0 aliphatic heterocycles. The lowest BCUT2D eigenvalue weighted by atomic mass is 9.90. The molecule has 0 fully saturated rings. The molecule has 2 nitrogen and oxygen atoms in total. The van der Waals surface area contributed by atoms with E-state index < -0.39 is 0 Å². The van der Waals surface area contributed by atoms with Gasteiger partial charge in [-0.05, 0) is 100 Å². The normalized spacial score (nSPS) is 15.4. The van der Waals surface area contributed by atoms with Gasteiger partial charge in [0.15, 0.2) is 0 Å². The zero-order valence-corrected chi connectivity index (χ0v) is 34.1. The summed E-state index contributed by atoms with van der Waals surface area (Å²) in [5.74, 6) is 0.306. The van der Waals surface area contributed by atoms with E-state index in [0.29, 0.717) is 5.92 Å². The maximum atomic E-state index is 2.61. The smallest absolute Gasteiger partial charge is 0.0585 e. The van der Waals surface area contributed by atoms with Crippen molar-refractivity contribution in [2.24, 2.45) is 5.92 Å². The van der Waals surface area contributed by atoms with Crippen molar-refractivity contribution in [1.82, 2.24) is 0 Å². The fourth-order valence-corrected chi connectivity index (χ4v) is 11.7. The lowest BCUT2D eigenvalue weighted by molar-refractivity contribution is 0.611. The van der Waals surface area contributed by atoms with Crippen molar-refractivity contribution in [3.8, 4) is 0 Å². The lowest BCUT2D eigenvalue weighted by Crippen LogP contribution is -2.35. The van der Waals surface area contributed by atoms with Crippen molar-refractivity contribution < 1.29 is 0 Å². The van der Waals surface area contributed by atoms with Crippen LogP contribution in [0.3, 0.4) is 0 Å². The summed E-state index contributed by atoms with van der Waals surface area (Å²) in [7, 11) is 0. The monoisotopic (exact) mass is 790 g/mol. The van der Waals surface area contributed by atoms with Crippen LogP contribution >= 0.6 is 22.7 Å². The Morgan fingerprint density at radius 1 is 0.356 bits per heavy atom. The number of thiophene rings is 2. The van der Waals surface area contributed by atoms with Crippen LogP contribution in [0.5, 0.6) is 0 Å². The van der Waals surface area contributed by atoms with Crippen LogP contribution in [0.2, 0.25) is 0 Å². The minimum atomic E-state index is 0.130. The number of fused-ring (bicyclic) bond motifs is 11. The van der Waals surface area contributed by atoms with Gasteiger partial charge in [-0.15, -0.1) is 22.7 Å². The van der Waals surface area contributed by atoms with Crippen LogP contribution < -0.4 is 9.80 Å². The number of allylic oxidation sites excluding steroid dienone is 2. The van der Waals surface area contributed by atoms with E-state index in [4.69, 9.17) is 0 Å². The molecule has 1 aliphatic rings. The van der Waals surface area contributed by atoms with Crippen LogP contribution in [0, 0.1) is 5.92 Å². The average molecular weight is 791 g/mol. The molecule has 2 atom stereocenters. The molecular formula is C55H38N2S2. The van der Waals surface area contributed by atoms with E-state index in [9.17, 15) is 0 Å². The third-order valence-corrected chi connectivity index (χ3v) is 14.6. The molecule has 11 aromatic rings. The van der Waals surface area contributed by atoms with Gasteiger partial charge in [-0.3, -0.25) is 0 Å². The van der Waals surface area contributed by atoms with E-state index in [-0.39, 0.29) is 6.04 Å². The van der Waals surface area contributed by atoms with E-state index in [0.717, 1.165) is 17.1 Å². The molecule has 0 amide bonds. The highest BCUT2D eigenvalue weighted by atomic mass is 32.1. The second-order valence-corrected chi connectivity index (χ2v) is 17.9. The second-order valence-electron chi connectivity index (χ2n) is 15.7. The van der Waals surface area contributed by atoms with Crippen molar-refractivity contribution in [3.05, 3.63) is 200 Å². The maximum absolute atomic E-state index is 2.61. The molecule has 59 heavy (non-hydrogen) atoms. The highest BCUT2D eigenvalue weighted by Crippen LogP contribution is 2.49. The van der Waals surface area contributed by atoms with E-state index in [1.807, 2.05) is 22.7 Å². The predicted molar refractivity (Wildman–Crippen MR) is 259 cm³/mol. The summed E-state index contributed by atoms with van der Waals surface area (Å²) in [4.78, 5) is 5.07. The summed E-state index contributed by atoms with van der Waals surface area (Å²) < 4.78 is 5.26. The van der Waals surface area contributed by atoms with E-state index in [1.165, 1.54) is 84.0 Å². The number of anilines is 5. The predicted octanol–water partition coefficient (Wildman–Crippen LogP) is 16.6. The van der Waals surface area contributed by atoms with Crippen molar-refractivity contribution in [3.63, 3.8) is 0 Å². The van der Waals surface area contributed by atoms with Gasteiger partial charge < -0.3 is 9.80 Å². The number of nitrogens with zero attached hydrogens (tertiary/aromatic N) is 2. The van der Waals surface area contributed by atoms with Crippen LogP contribution in [0.1, 0.15) is 6.92 Å². The molecule has 0 radical (unpaired) electrons. The van der Waals surface area contributed by atoms with Crippen molar-refractivity contribution >= 4 is 124 Å². The zero-order valence-electron chi connectivity index (χ0n) is 32.4. The molecule has 2 aromatic heterocycles. The van der Waals surface area contributed by atoms with Crippen LogP contribution in [-0.4, -0.2) is 6.04 Å². The number of hydrogen-bond acceptors (Lipinski definition) is 4. The largest absolute Gasteiger partial charge is 0.333 e. The molecule has 0 spiro atoms. The van der Waals surface area contributed by atoms with Crippen molar-refractivity contribution in [1.29, 1.82) is 0 Å².